The fourth-order valence-corrected chi connectivity index (χ4v) is 1.96. The highest BCUT2D eigenvalue weighted by molar-refractivity contribution is 5.67. The molecule has 0 fully saturated rings. The lowest BCUT2D eigenvalue weighted by atomic mass is 10.1. The first-order valence-electron chi connectivity index (χ1n) is 7.86. The normalized spacial score (nSPS) is 11.3. The second-order valence-electron chi connectivity index (χ2n) is 6.31. The molecule has 5 nitrogen and oxygen atoms in total. The van der Waals surface area contributed by atoms with Crippen molar-refractivity contribution in [1.82, 2.24) is 10.6 Å². The summed E-state index contributed by atoms with van der Waals surface area (Å²) in [5, 5.41) is 6.04. The molecular weight excluding hydrogens is 278 g/mol. The Kier molecular flexibility index (Phi) is 7.91. The summed E-state index contributed by atoms with van der Waals surface area (Å²) in [6.45, 7) is 8.57. The molecule has 124 valence electrons. The van der Waals surface area contributed by atoms with Crippen LogP contribution in [0.5, 0.6) is 0 Å². The van der Waals surface area contributed by atoms with Gasteiger partial charge in [-0.3, -0.25) is 0 Å². The first-order chi connectivity index (χ1) is 10.4. The smallest absolute Gasteiger partial charge is 0.407 e. The van der Waals surface area contributed by atoms with Gasteiger partial charge in [-0.15, -0.1) is 0 Å². The molecule has 0 radical (unpaired) electrons. The minimum atomic E-state index is -0.466. The van der Waals surface area contributed by atoms with Crippen molar-refractivity contribution in [2.75, 3.05) is 19.6 Å². The van der Waals surface area contributed by atoms with E-state index in [9.17, 15) is 4.79 Å². The lowest BCUT2D eigenvalue weighted by molar-refractivity contribution is 0.0523. The quantitative estimate of drug-likeness (QED) is 0.644. The van der Waals surface area contributed by atoms with Crippen molar-refractivity contribution in [2.24, 2.45) is 5.73 Å². The van der Waals surface area contributed by atoms with Crippen molar-refractivity contribution >= 4 is 6.09 Å². The van der Waals surface area contributed by atoms with Crippen LogP contribution in [0.2, 0.25) is 0 Å². The number of nitrogens with one attached hydrogen (secondary N) is 2. The fourth-order valence-electron chi connectivity index (χ4n) is 1.96. The average molecular weight is 307 g/mol. The summed E-state index contributed by atoms with van der Waals surface area (Å²) in [5.74, 6) is 0. The highest BCUT2D eigenvalue weighted by atomic mass is 16.6. The SMILES string of the molecule is CC(C)(C)OC(=O)NCc1ccc(CCCNCCN)cc1. The molecule has 5 heteroatoms. The number of ether oxygens (including phenoxy) is 1. The van der Waals surface area contributed by atoms with Crippen molar-refractivity contribution in [3.63, 3.8) is 0 Å². The molecule has 0 saturated carbocycles. The molecule has 1 aromatic rings. The van der Waals surface area contributed by atoms with E-state index in [0.29, 0.717) is 13.1 Å². The van der Waals surface area contributed by atoms with Gasteiger partial charge in [-0.25, -0.2) is 4.79 Å². The molecule has 0 aromatic heterocycles. The van der Waals surface area contributed by atoms with Gasteiger partial charge in [-0.05, 0) is 51.3 Å². The van der Waals surface area contributed by atoms with Crippen LogP contribution in [-0.4, -0.2) is 31.3 Å². The lowest BCUT2D eigenvalue weighted by Crippen LogP contribution is -2.32. The molecule has 0 atom stereocenters. The Labute approximate surface area is 133 Å². The summed E-state index contributed by atoms with van der Waals surface area (Å²) < 4.78 is 5.20. The Hall–Kier alpha value is -1.59. The number of alkyl carbamates (subject to hydrolysis) is 1. The maximum atomic E-state index is 11.6. The second-order valence-corrected chi connectivity index (χ2v) is 6.31. The summed E-state index contributed by atoms with van der Waals surface area (Å²) in [7, 11) is 0. The molecule has 4 N–H and O–H groups in total. The van der Waals surface area contributed by atoms with Crippen LogP contribution in [0.25, 0.3) is 0 Å². The molecule has 0 saturated heterocycles. The third kappa shape index (κ3) is 8.64. The molecule has 0 aliphatic carbocycles. The zero-order valence-electron chi connectivity index (χ0n) is 13.9. The number of carbonyl (C=O) groups excluding carboxylic acids is 1. The minimum absolute atomic E-state index is 0.387. The van der Waals surface area contributed by atoms with Crippen LogP contribution >= 0.6 is 0 Å². The van der Waals surface area contributed by atoms with Crippen LogP contribution in [0.1, 0.15) is 38.3 Å². The average Bonchev–Trinajstić information content (AvgIpc) is 2.44. The van der Waals surface area contributed by atoms with E-state index < -0.39 is 5.60 Å². The van der Waals surface area contributed by atoms with E-state index in [-0.39, 0.29) is 6.09 Å². The number of amides is 1. The van der Waals surface area contributed by atoms with E-state index in [2.05, 4.69) is 22.8 Å². The van der Waals surface area contributed by atoms with Crippen molar-refractivity contribution in [1.29, 1.82) is 0 Å². The molecule has 0 aliphatic rings. The number of nitrogens with two attached hydrogens (primary N) is 1. The topological polar surface area (TPSA) is 76.4 Å². The van der Waals surface area contributed by atoms with Crippen LogP contribution in [-0.2, 0) is 17.7 Å². The number of carbonyl (C=O) groups is 1. The fraction of sp³-hybridized carbons (Fsp3) is 0.588. The van der Waals surface area contributed by atoms with Gasteiger partial charge in [-0.1, -0.05) is 24.3 Å². The van der Waals surface area contributed by atoms with Gasteiger partial charge in [0.05, 0.1) is 0 Å². The molecule has 1 amide bonds. The number of aryl methyl sites for hydroxylation is 1. The number of rotatable bonds is 8. The Morgan fingerprint density at radius 3 is 2.36 bits per heavy atom. The van der Waals surface area contributed by atoms with Crippen LogP contribution in [0.15, 0.2) is 24.3 Å². The van der Waals surface area contributed by atoms with E-state index >= 15 is 0 Å². The minimum Gasteiger partial charge on any atom is -0.444 e. The highest BCUT2D eigenvalue weighted by Crippen LogP contribution is 2.08. The van der Waals surface area contributed by atoms with E-state index in [1.165, 1.54) is 5.56 Å². The summed E-state index contributed by atoms with van der Waals surface area (Å²) in [4.78, 5) is 11.6. The van der Waals surface area contributed by atoms with Gasteiger partial charge >= 0.3 is 6.09 Å². The molecule has 1 rings (SSSR count). The third-order valence-corrected chi connectivity index (χ3v) is 3.00. The van der Waals surface area contributed by atoms with E-state index in [1.54, 1.807) is 0 Å². The Morgan fingerprint density at radius 1 is 1.14 bits per heavy atom. The largest absolute Gasteiger partial charge is 0.444 e. The predicted molar refractivity (Wildman–Crippen MR) is 89.8 cm³/mol. The van der Waals surface area contributed by atoms with Gasteiger partial charge in [-0.2, -0.15) is 0 Å². The predicted octanol–water partition coefficient (Wildman–Crippen LogP) is 2.19. The Bertz CT molecular complexity index is 438. The number of benzene rings is 1. The maximum Gasteiger partial charge on any atom is 0.407 e. The molecule has 0 bridgehead atoms. The van der Waals surface area contributed by atoms with Crippen LogP contribution in [0.3, 0.4) is 0 Å². The van der Waals surface area contributed by atoms with E-state index in [4.69, 9.17) is 10.5 Å². The number of hydrogen-bond donors (Lipinski definition) is 3. The van der Waals surface area contributed by atoms with Gasteiger partial charge in [0.25, 0.3) is 0 Å². The van der Waals surface area contributed by atoms with Crippen molar-refractivity contribution in [3.05, 3.63) is 35.4 Å². The van der Waals surface area contributed by atoms with Crippen molar-refractivity contribution in [3.8, 4) is 0 Å². The van der Waals surface area contributed by atoms with Crippen LogP contribution in [0.4, 0.5) is 4.79 Å². The molecule has 0 spiro atoms. The molecule has 0 unspecified atom stereocenters. The van der Waals surface area contributed by atoms with E-state index in [1.807, 2.05) is 32.9 Å². The number of hydrogen-bond acceptors (Lipinski definition) is 4. The first kappa shape index (κ1) is 18.5. The van der Waals surface area contributed by atoms with E-state index in [0.717, 1.165) is 31.5 Å². The lowest BCUT2D eigenvalue weighted by Gasteiger charge is -2.19. The van der Waals surface area contributed by atoms with Gasteiger partial charge in [0.2, 0.25) is 0 Å². The third-order valence-electron chi connectivity index (χ3n) is 3.00. The van der Waals surface area contributed by atoms with Crippen LogP contribution in [0, 0.1) is 0 Å². The van der Waals surface area contributed by atoms with Crippen LogP contribution < -0.4 is 16.4 Å². The summed E-state index contributed by atoms with van der Waals surface area (Å²) in [5.41, 5.74) is 7.32. The first-order valence-corrected chi connectivity index (χ1v) is 7.86. The van der Waals surface area contributed by atoms with Gasteiger partial charge in [0.1, 0.15) is 5.60 Å². The molecule has 0 heterocycles. The van der Waals surface area contributed by atoms with Gasteiger partial charge in [0, 0.05) is 19.6 Å². The molecular formula is C17H29N3O2. The monoisotopic (exact) mass is 307 g/mol. The zero-order valence-corrected chi connectivity index (χ0v) is 13.9. The van der Waals surface area contributed by atoms with Crippen molar-refractivity contribution < 1.29 is 9.53 Å². The van der Waals surface area contributed by atoms with Gasteiger partial charge in [0.15, 0.2) is 0 Å². The standard InChI is InChI=1S/C17H29N3O2/c1-17(2,3)22-16(21)20-13-15-8-6-14(7-9-15)5-4-11-19-12-10-18/h6-9,19H,4-5,10-13,18H2,1-3H3,(H,20,21). The Morgan fingerprint density at radius 2 is 1.77 bits per heavy atom. The summed E-state index contributed by atoms with van der Waals surface area (Å²) in [6, 6.07) is 8.30. The molecule has 1 aromatic carbocycles. The molecule has 0 aliphatic heterocycles. The maximum absolute atomic E-state index is 11.6. The second kappa shape index (κ2) is 9.43. The van der Waals surface area contributed by atoms with Crippen molar-refractivity contribution in [2.45, 2.75) is 45.8 Å². The summed E-state index contributed by atoms with van der Waals surface area (Å²) in [6.07, 6.45) is 1.75. The summed E-state index contributed by atoms with van der Waals surface area (Å²) >= 11 is 0. The zero-order chi connectivity index (χ0) is 16.4. The Balaban J connectivity index is 2.28. The molecule has 22 heavy (non-hydrogen) atoms. The van der Waals surface area contributed by atoms with Gasteiger partial charge < -0.3 is 21.1 Å². The highest BCUT2D eigenvalue weighted by Gasteiger charge is 2.15.